The molecule has 0 atom stereocenters. The molecule has 1 aromatic carbocycles. The zero-order valence-corrected chi connectivity index (χ0v) is 11.6. The third-order valence-corrected chi connectivity index (χ3v) is 3.60. The molecule has 1 heterocycles. The van der Waals surface area contributed by atoms with Crippen LogP contribution in [0.2, 0.25) is 0 Å². The molecule has 1 aliphatic rings. The molecule has 1 aromatic heterocycles. The van der Waals surface area contributed by atoms with Gasteiger partial charge in [0.05, 0.1) is 18.4 Å². The molecule has 2 N–H and O–H groups in total. The van der Waals surface area contributed by atoms with Gasteiger partial charge in [-0.15, -0.1) is 0 Å². The number of nitrogens with zero attached hydrogens (tertiary/aromatic N) is 1. The van der Waals surface area contributed by atoms with E-state index in [1.807, 2.05) is 0 Å². The van der Waals surface area contributed by atoms with Gasteiger partial charge in [-0.25, -0.2) is 4.79 Å². The lowest BCUT2D eigenvalue weighted by molar-refractivity contribution is 0.0602. The Morgan fingerprint density at radius 1 is 1.29 bits per heavy atom. The predicted octanol–water partition coefficient (Wildman–Crippen LogP) is 1.94. The predicted molar refractivity (Wildman–Crippen MR) is 76.3 cm³/mol. The zero-order valence-electron chi connectivity index (χ0n) is 11.6. The Morgan fingerprint density at radius 3 is 2.90 bits per heavy atom. The van der Waals surface area contributed by atoms with Gasteiger partial charge >= 0.3 is 5.97 Å². The van der Waals surface area contributed by atoms with Crippen LogP contribution in [0.3, 0.4) is 0 Å². The van der Waals surface area contributed by atoms with Crippen LogP contribution in [0.15, 0.2) is 24.3 Å². The van der Waals surface area contributed by atoms with E-state index >= 15 is 0 Å². The molecule has 0 unspecified atom stereocenters. The lowest BCUT2D eigenvalue weighted by Gasteiger charge is -2.09. The Bertz CT molecular complexity index is 706. The van der Waals surface area contributed by atoms with Gasteiger partial charge in [0.25, 0.3) is 5.91 Å². The number of hydrogen-bond acceptors (Lipinski definition) is 4. The van der Waals surface area contributed by atoms with Crippen molar-refractivity contribution in [2.45, 2.75) is 19.3 Å². The molecule has 21 heavy (non-hydrogen) atoms. The van der Waals surface area contributed by atoms with Gasteiger partial charge in [-0.05, 0) is 31.4 Å². The van der Waals surface area contributed by atoms with Crippen molar-refractivity contribution in [2.24, 2.45) is 0 Å². The minimum atomic E-state index is -0.488. The molecular formula is C15H15N3O3. The number of aryl methyl sites for hydroxylation is 1. The minimum Gasteiger partial charge on any atom is -0.465 e. The quantitative estimate of drug-likeness (QED) is 0.844. The molecule has 1 aliphatic carbocycles. The average molecular weight is 285 g/mol. The largest absolute Gasteiger partial charge is 0.465 e. The normalized spacial score (nSPS) is 12.8. The van der Waals surface area contributed by atoms with Crippen molar-refractivity contribution < 1.29 is 14.3 Å². The van der Waals surface area contributed by atoms with E-state index in [1.54, 1.807) is 24.3 Å². The third kappa shape index (κ3) is 2.40. The topological polar surface area (TPSA) is 84.1 Å². The first-order valence-electron chi connectivity index (χ1n) is 6.75. The first-order valence-corrected chi connectivity index (χ1v) is 6.75. The summed E-state index contributed by atoms with van der Waals surface area (Å²) in [4.78, 5) is 24.0. The lowest BCUT2D eigenvalue weighted by Crippen LogP contribution is -2.17. The molecule has 0 saturated heterocycles. The first kappa shape index (κ1) is 13.4. The standard InChI is InChI=1S/C15H15N3O3/c1-21-15(20)10-5-2-3-7-11(10)16-14(19)13-9-6-4-8-12(9)17-18-13/h2-3,5,7H,4,6,8H2,1H3,(H,16,19)(H,17,18). The number of ether oxygens (including phenoxy) is 1. The van der Waals surface area contributed by atoms with Crippen molar-refractivity contribution >= 4 is 17.6 Å². The third-order valence-electron chi connectivity index (χ3n) is 3.60. The molecule has 0 aliphatic heterocycles. The van der Waals surface area contributed by atoms with Gasteiger partial charge < -0.3 is 10.1 Å². The molecule has 0 spiro atoms. The molecule has 2 aromatic rings. The number of H-pyrrole nitrogens is 1. The maximum atomic E-state index is 12.4. The SMILES string of the molecule is COC(=O)c1ccccc1NC(=O)c1n[nH]c2c1CCC2. The highest BCUT2D eigenvalue weighted by molar-refractivity contribution is 6.07. The van der Waals surface area contributed by atoms with Gasteiger partial charge in [0.1, 0.15) is 0 Å². The Kier molecular flexibility index (Phi) is 3.43. The molecule has 0 radical (unpaired) electrons. The van der Waals surface area contributed by atoms with Crippen LogP contribution in [-0.2, 0) is 17.6 Å². The fourth-order valence-corrected chi connectivity index (χ4v) is 2.57. The van der Waals surface area contributed by atoms with Crippen LogP contribution in [0.4, 0.5) is 5.69 Å². The second kappa shape index (κ2) is 5.40. The lowest BCUT2D eigenvalue weighted by atomic mass is 10.1. The van der Waals surface area contributed by atoms with Crippen LogP contribution in [0.5, 0.6) is 0 Å². The molecule has 6 nitrogen and oxygen atoms in total. The number of rotatable bonds is 3. The molecule has 0 saturated carbocycles. The fourth-order valence-electron chi connectivity index (χ4n) is 2.57. The van der Waals surface area contributed by atoms with E-state index in [-0.39, 0.29) is 5.91 Å². The highest BCUT2D eigenvalue weighted by Gasteiger charge is 2.24. The van der Waals surface area contributed by atoms with Crippen LogP contribution in [0, 0.1) is 0 Å². The number of para-hydroxylation sites is 1. The second-order valence-corrected chi connectivity index (χ2v) is 4.87. The number of methoxy groups -OCH3 is 1. The maximum Gasteiger partial charge on any atom is 0.339 e. The van der Waals surface area contributed by atoms with Crippen LogP contribution in [0.1, 0.15) is 38.5 Å². The van der Waals surface area contributed by atoms with Gasteiger partial charge in [0, 0.05) is 11.3 Å². The number of nitrogens with one attached hydrogen (secondary N) is 2. The van der Waals surface area contributed by atoms with E-state index in [9.17, 15) is 9.59 Å². The summed E-state index contributed by atoms with van der Waals surface area (Å²) in [5.74, 6) is -0.802. The molecular weight excluding hydrogens is 270 g/mol. The number of esters is 1. The molecule has 1 amide bonds. The van der Waals surface area contributed by atoms with Crippen molar-refractivity contribution in [1.29, 1.82) is 0 Å². The second-order valence-electron chi connectivity index (χ2n) is 4.87. The number of aromatic amines is 1. The molecule has 108 valence electrons. The minimum absolute atomic E-state index is 0.314. The summed E-state index contributed by atoms with van der Waals surface area (Å²) in [5, 5.41) is 9.71. The van der Waals surface area contributed by atoms with Crippen molar-refractivity contribution in [1.82, 2.24) is 10.2 Å². The number of benzene rings is 1. The molecule has 0 fully saturated rings. The van der Waals surface area contributed by atoms with Gasteiger partial charge in [-0.3, -0.25) is 9.89 Å². The number of fused-ring (bicyclic) bond motifs is 1. The summed E-state index contributed by atoms with van der Waals surface area (Å²) < 4.78 is 4.71. The molecule has 3 rings (SSSR count). The van der Waals surface area contributed by atoms with Gasteiger partial charge in [0.2, 0.25) is 0 Å². The summed E-state index contributed by atoms with van der Waals surface area (Å²) in [5.41, 5.74) is 3.15. The van der Waals surface area contributed by atoms with E-state index < -0.39 is 5.97 Å². The van der Waals surface area contributed by atoms with Gasteiger partial charge in [-0.2, -0.15) is 5.10 Å². The average Bonchev–Trinajstić information content (AvgIpc) is 3.09. The van der Waals surface area contributed by atoms with E-state index in [1.165, 1.54) is 7.11 Å². The summed E-state index contributed by atoms with van der Waals surface area (Å²) in [6.45, 7) is 0. The number of anilines is 1. The van der Waals surface area contributed by atoms with Crippen LogP contribution >= 0.6 is 0 Å². The van der Waals surface area contributed by atoms with E-state index in [0.29, 0.717) is 16.9 Å². The van der Waals surface area contributed by atoms with Gasteiger partial charge in [-0.1, -0.05) is 12.1 Å². The van der Waals surface area contributed by atoms with E-state index in [2.05, 4.69) is 15.5 Å². The highest BCUT2D eigenvalue weighted by Crippen LogP contribution is 2.24. The fraction of sp³-hybridized carbons (Fsp3) is 0.267. The Hall–Kier alpha value is -2.63. The van der Waals surface area contributed by atoms with Crippen LogP contribution < -0.4 is 5.32 Å². The summed E-state index contributed by atoms with van der Waals surface area (Å²) in [7, 11) is 1.31. The van der Waals surface area contributed by atoms with Crippen molar-refractivity contribution in [3.05, 3.63) is 46.8 Å². The van der Waals surface area contributed by atoms with Gasteiger partial charge in [0.15, 0.2) is 5.69 Å². The summed E-state index contributed by atoms with van der Waals surface area (Å²) >= 11 is 0. The van der Waals surface area contributed by atoms with Crippen LogP contribution in [0.25, 0.3) is 0 Å². The highest BCUT2D eigenvalue weighted by atomic mass is 16.5. The number of hydrogen-bond donors (Lipinski definition) is 2. The number of aromatic nitrogens is 2. The Labute approximate surface area is 121 Å². The van der Waals surface area contributed by atoms with Crippen molar-refractivity contribution in [2.75, 3.05) is 12.4 Å². The van der Waals surface area contributed by atoms with Crippen LogP contribution in [-0.4, -0.2) is 29.2 Å². The smallest absolute Gasteiger partial charge is 0.339 e. The van der Waals surface area contributed by atoms with Crippen molar-refractivity contribution in [3.8, 4) is 0 Å². The number of carbonyl (C=O) groups is 2. The molecule has 0 bridgehead atoms. The van der Waals surface area contributed by atoms with Crippen molar-refractivity contribution in [3.63, 3.8) is 0 Å². The van der Waals surface area contributed by atoms with E-state index in [4.69, 9.17) is 4.74 Å². The Balaban J connectivity index is 1.87. The number of amides is 1. The Morgan fingerprint density at radius 2 is 2.10 bits per heavy atom. The maximum absolute atomic E-state index is 12.4. The summed E-state index contributed by atoms with van der Waals surface area (Å²) in [6.07, 6.45) is 2.81. The first-order chi connectivity index (χ1) is 10.2. The number of carbonyl (C=O) groups excluding carboxylic acids is 2. The molecule has 6 heteroatoms. The zero-order chi connectivity index (χ0) is 14.8. The summed E-state index contributed by atoms with van der Waals surface area (Å²) in [6, 6.07) is 6.73. The monoisotopic (exact) mass is 285 g/mol. The van der Waals surface area contributed by atoms with E-state index in [0.717, 1.165) is 30.5 Å².